The SMILES string of the molecule is O=C(Cc1csc(-c2cccc(CN3CCOCC3)c2)n1)Nc1ccc(Cl)c([N+](=O)[O-])c1. The van der Waals surface area contributed by atoms with Crippen LogP contribution in [0.3, 0.4) is 0 Å². The van der Waals surface area contributed by atoms with E-state index >= 15 is 0 Å². The second kappa shape index (κ2) is 10.2. The van der Waals surface area contributed by atoms with Gasteiger partial charge in [0.15, 0.2) is 0 Å². The van der Waals surface area contributed by atoms with Gasteiger partial charge in [-0.2, -0.15) is 0 Å². The van der Waals surface area contributed by atoms with E-state index < -0.39 is 4.92 Å². The van der Waals surface area contributed by atoms with Gasteiger partial charge in [-0.05, 0) is 23.8 Å². The van der Waals surface area contributed by atoms with E-state index in [0.717, 1.165) is 43.4 Å². The lowest BCUT2D eigenvalue weighted by molar-refractivity contribution is -0.384. The molecule has 1 aliphatic heterocycles. The number of ether oxygens (including phenoxy) is 1. The highest BCUT2D eigenvalue weighted by atomic mass is 35.5. The zero-order valence-corrected chi connectivity index (χ0v) is 18.7. The van der Waals surface area contributed by atoms with Gasteiger partial charge in [-0.25, -0.2) is 4.98 Å². The molecule has 8 nitrogen and oxygen atoms in total. The van der Waals surface area contributed by atoms with Crippen molar-refractivity contribution < 1.29 is 14.5 Å². The fourth-order valence-electron chi connectivity index (χ4n) is 3.44. The van der Waals surface area contributed by atoms with Gasteiger partial charge in [0, 0.05) is 42.3 Å². The Morgan fingerprint density at radius 1 is 1.25 bits per heavy atom. The summed E-state index contributed by atoms with van der Waals surface area (Å²) in [5.41, 5.74) is 2.93. The van der Waals surface area contributed by atoms with Gasteiger partial charge in [0.1, 0.15) is 10.0 Å². The van der Waals surface area contributed by atoms with Gasteiger partial charge in [-0.15, -0.1) is 11.3 Å². The molecule has 3 aromatic rings. The number of carbonyl (C=O) groups is 1. The summed E-state index contributed by atoms with van der Waals surface area (Å²) in [5.74, 6) is -0.306. The Bertz CT molecular complexity index is 1130. The number of hydrogen-bond acceptors (Lipinski definition) is 7. The summed E-state index contributed by atoms with van der Waals surface area (Å²) in [4.78, 5) is 29.8. The third-order valence-corrected chi connectivity index (χ3v) is 6.26. The zero-order chi connectivity index (χ0) is 22.5. The molecule has 0 aliphatic carbocycles. The minimum atomic E-state index is -0.585. The lowest BCUT2D eigenvalue weighted by Crippen LogP contribution is -2.35. The smallest absolute Gasteiger partial charge is 0.289 e. The van der Waals surface area contributed by atoms with E-state index in [1.54, 1.807) is 0 Å². The van der Waals surface area contributed by atoms with Gasteiger partial charge in [-0.1, -0.05) is 29.8 Å². The molecule has 1 fully saturated rings. The zero-order valence-electron chi connectivity index (χ0n) is 17.1. The van der Waals surface area contributed by atoms with Crippen LogP contribution in [0.15, 0.2) is 47.8 Å². The Morgan fingerprint density at radius 3 is 2.84 bits per heavy atom. The molecule has 1 aliphatic rings. The van der Waals surface area contributed by atoms with Crippen LogP contribution in [-0.4, -0.2) is 47.0 Å². The van der Waals surface area contributed by atoms with Gasteiger partial charge in [0.2, 0.25) is 5.91 Å². The van der Waals surface area contributed by atoms with Crippen LogP contribution in [0, 0.1) is 10.1 Å². The number of rotatable bonds is 7. The maximum Gasteiger partial charge on any atom is 0.289 e. The normalized spacial score (nSPS) is 14.3. The first-order valence-corrected chi connectivity index (χ1v) is 11.3. The highest BCUT2D eigenvalue weighted by Gasteiger charge is 2.16. The Balaban J connectivity index is 1.39. The van der Waals surface area contributed by atoms with Crippen LogP contribution < -0.4 is 5.32 Å². The minimum absolute atomic E-state index is 0.0213. The van der Waals surface area contributed by atoms with Crippen molar-refractivity contribution in [3.05, 3.63) is 74.2 Å². The van der Waals surface area contributed by atoms with Crippen molar-refractivity contribution in [1.29, 1.82) is 0 Å². The van der Waals surface area contributed by atoms with Crippen molar-refractivity contribution in [3.8, 4) is 10.6 Å². The number of nitro groups is 1. The molecule has 0 spiro atoms. The number of halogens is 1. The van der Waals surface area contributed by atoms with Crippen LogP contribution in [0.2, 0.25) is 5.02 Å². The summed E-state index contributed by atoms with van der Waals surface area (Å²) in [7, 11) is 0. The van der Waals surface area contributed by atoms with Crippen LogP contribution in [0.4, 0.5) is 11.4 Å². The average Bonchev–Trinajstić information content (AvgIpc) is 3.24. The van der Waals surface area contributed by atoms with E-state index in [0.29, 0.717) is 11.4 Å². The maximum atomic E-state index is 12.4. The second-order valence-electron chi connectivity index (χ2n) is 7.38. The molecule has 2 heterocycles. The third kappa shape index (κ3) is 5.68. The molecule has 4 rings (SSSR count). The molecule has 2 aromatic carbocycles. The molecule has 0 unspecified atom stereocenters. The molecule has 0 atom stereocenters. The number of morpholine rings is 1. The number of benzene rings is 2. The van der Waals surface area contributed by atoms with Gasteiger partial charge < -0.3 is 10.1 Å². The summed E-state index contributed by atoms with van der Waals surface area (Å²) < 4.78 is 5.41. The molecule has 1 amide bonds. The van der Waals surface area contributed by atoms with E-state index in [9.17, 15) is 14.9 Å². The van der Waals surface area contributed by atoms with E-state index in [-0.39, 0.29) is 23.0 Å². The molecular weight excluding hydrogens is 452 g/mol. The average molecular weight is 473 g/mol. The summed E-state index contributed by atoms with van der Waals surface area (Å²) >= 11 is 7.30. The number of carbonyl (C=O) groups excluding carboxylic acids is 1. The Kier molecular flexibility index (Phi) is 7.11. The lowest BCUT2D eigenvalue weighted by atomic mass is 10.1. The van der Waals surface area contributed by atoms with E-state index in [1.807, 2.05) is 17.5 Å². The summed E-state index contributed by atoms with van der Waals surface area (Å²) in [5, 5.41) is 16.4. The number of nitrogens with one attached hydrogen (secondary N) is 1. The van der Waals surface area contributed by atoms with Crippen molar-refractivity contribution in [3.63, 3.8) is 0 Å². The molecule has 32 heavy (non-hydrogen) atoms. The molecular formula is C22H21ClN4O4S. The number of nitro benzene ring substituents is 1. The number of anilines is 1. The van der Waals surface area contributed by atoms with Crippen LogP contribution in [0.5, 0.6) is 0 Å². The molecule has 0 bridgehead atoms. The molecule has 1 N–H and O–H groups in total. The number of hydrogen-bond donors (Lipinski definition) is 1. The van der Waals surface area contributed by atoms with Gasteiger partial charge >= 0.3 is 0 Å². The highest BCUT2D eigenvalue weighted by Crippen LogP contribution is 2.28. The lowest BCUT2D eigenvalue weighted by Gasteiger charge is -2.26. The van der Waals surface area contributed by atoms with Gasteiger partial charge in [0.25, 0.3) is 5.69 Å². The topological polar surface area (TPSA) is 97.6 Å². The van der Waals surface area contributed by atoms with Crippen molar-refractivity contribution in [2.75, 3.05) is 31.6 Å². The number of amides is 1. The molecule has 1 aromatic heterocycles. The maximum absolute atomic E-state index is 12.4. The molecule has 0 saturated carbocycles. The highest BCUT2D eigenvalue weighted by molar-refractivity contribution is 7.13. The van der Waals surface area contributed by atoms with Gasteiger partial charge in [-0.3, -0.25) is 19.8 Å². The molecule has 0 radical (unpaired) electrons. The largest absolute Gasteiger partial charge is 0.379 e. The number of thiazole rings is 1. The van der Waals surface area contributed by atoms with Gasteiger partial charge in [0.05, 0.1) is 30.3 Å². The van der Waals surface area contributed by atoms with Crippen LogP contribution in [-0.2, 0) is 22.5 Å². The third-order valence-electron chi connectivity index (χ3n) is 5.00. The van der Waals surface area contributed by atoms with E-state index in [4.69, 9.17) is 16.3 Å². The molecule has 1 saturated heterocycles. The summed E-state index contributed by atoms with van der Waals surface area (Å²) in [6, 6.07) is 12.4. The first kappa shape index (κ1) is 22.3. The predicted molar refractivity (Wildman–Crippen MR) is 124 cm³/mol. The van der Waals surface area contributed by atoms with Crippen LogP contribution in [0.1, 0.15) is 11.3 Å². The molecule has 10 heteroatoms. The number of nitrogens with zero attached hydrogens (tertiary/aromatic N) is 3. The fraction of sp³-hybridized carbons (Fsp3) is 0.273. The Labute approximate surface area is 193 Å². The van der Waals surface area contributed by atoms with E-state index in [2.05, 4.69) is 27.3 Å². The Hall–Kier alpha value is -2.85. The predicted octanol–water partition coefficient (Wildman–Crippen LogP) is 4.39. The first-order valence-electron chi connectivity index (χ1n) is 10.1. The van der Waals surface area contributed by atoms with Crippen molar-refractivity contribution in [2.24, 2.45) is 0 Å². The monoisotopic (exact) mass is 472 g/mol. The van der Waals surface area contributed by atoms with E-state index in [1.165, 1.54) is 35.1 Å². The quantitative estimate of drug-likeness (QED) is 0.404. The summed E-state index contributed by atoms with van der Waals surface area (Å²) in [6.07, 6.45) is 0.0698. The fourth-order valence-corrected chi connectivity index (χ4v) is 4.44. The van der Waals surface area contributed by atoms with Crippen LogP contribution >= 0.6 is 22.9 Å². The summed E-state index contributed by atoms with van der Waals surface area (Å²) in [6.45, 7) is 4.25. The standard InChI is InChI=1S/C22H21ClN4O4S/c23-19-5-4-17(11-20(19)27(29)30)24-21(28)12-18-14-32-22(25-18)16-3-1-2-15(10-16)13-26-6-8-31-9-7-26/h1-5,10-11,14H,6-9,12-13H2,(H,24,28). The second-order valence-corrected chi connectivity index (χ2v) is 8.65. The molecule has 166 valence electrons. The first-order chi connectivity index (χ1) is 15.5. The Morgan fingerprint density at radius 2 is 2.06 bits per heavy atom. The van der Waals surface area contributed by atoms with Crippen molar-refractivity contribution in [1.82, 2.24) is 9.88 Å². The van der Waals surface area contributed by atoms with Crippen LogP contribution in [0.25, 0.3) is 10.6 Å². The van der Waals surface area contributed by atoms with Crippen molar-refractivity contribution in [2.45, 2.75) is 13.0 Å². The number of aromatic nitrogens is 1. The minimum Gasteiger partial charge on any atom is -0.379 e. The van der Waals surface area contributed by atoms with Crippen molar-refractivity contribution >= 4 is 40.2 Å².